The van der Waals surface area contributed by atoms with Gasteiger partial charge in [-0.25, -0.2) is 4.79 Å². The maximum Gasteiger partial charge on any atom is 0.235 e. The smallest absolute Gasteiger partial charge is 0.235 e. The van der Waals surface area contributed by atoms with E-state index in [1.807, 2.05) is 26.8 Å². The van der Waals surface area contributed by atoms with Gasteiger partial charge < -0.3 is 4.74 Å². The maximum atomic E-state index is 10.9. The summed E-state index contributed by atoms with van der Waals surface area (Å²) in [6.07, 6.45) is 3.95. The van der Waals surface area contributed by atoms with Crippen LogP contribution in [0.2, 0.25) is 0 Å². The first-order valence-electron chi connectivity index (χ1n) is 6.77. The first-order valence-corrected chi connectivity index (χ1v) is 6.77. The number of carbonyl (C=O) groups excluding carboxylic acids is 2. The third-order valence-corrected chi connectivity index (χ3v) is 3.37. The zero-order valence-electron chi connectivity index (χ0n) is 12.1. The molecule has 4 nitrogen and oxygen atoms in total. The summed E-state index contributed by atoms with van der Waals surface area (Å²) in [5.41, 5.74) is 2.30. The summed E-state index contributed by atoms with van der Waals surface area (Å²) in [5.74, 6) is 0. The molecule has 0 saturated heterocycles. The van der Waals surface area contributed by atoms with Crippen molar-refractivity contribution in [3.8, 4) is 0 Å². The van der Waals surface area contributed by atoms with Gasteiger partial charge in [0.2, 0.25) is 6.08 Å². The SMILES string of the molecule is CC(C)(C)OC1CCc2ccc(C=O)cc2C1N=C=O. The molecule has 4 heteroatoms. The van der Waals surface area contributed by atoms with Gasteiger partial charge in [0.05, 0.1) is 11.7 Å². The summed E-state index contributed by atoms with van der Waals surface area (Å²) in [6.45, 7) is 5.93. The fourth-order valence-corrected chi connectivity index (χ4v) is 2.63. The van der Waals surface area contributed by atoms with Gasteiger partial charge in [0.15, 0.2) is 0 Å². The maximum absolute atomic E-state index is 10.9. The summed E-state index contributed by atoms with van der Waals surface area (Å²) in [5, 5.41) is 0. The minimum atomic E-state index is -0.379. The lowest BCUT2D eigenvalue weighted by Crippen LogP contribution is -2.34. The zero-order chi connectivity index (χ0) is 14.8. The Kier molecular flexibility index (Phi) is 4.17. The normalized spacial score (nSPS) is 21.8. The molecule has 20 heavy (non-hydrogen) atoms. The van der Waals surface area contributed by atoms with E-state index in [0.29, 0.717) is 5.56 Å². The summed E-state index contributed by atoms with van der Waals surface area (Å²) < 4.78 is 6.01. The molecule has 0 heterocycles. The number of rotatable bonds is 3. The summed E-state index contributed by atoms with van der Waals surface area (Å²) in [7, 11) is 0. The van der Waals surface area contributed by atoms with Gasteiger partial charge in [0.1, 0.15) is 12.3 Å². The van der Waals surface area contributed by atoms with Crippen molar-refractivity contribution in [3.05, 3.63) is 34.9 Å². The van der Waals surface area contributed by atoms with Crippen LogP contribution in [0.15, 0.2) is 23.2 Å². The molecular weight excluding hydrogens is 254 g/mol. The van der Waals surface area contributed by atoms with E-state index in [1.54, 1.807) is 18.2 Å². The molecule has 0 bridgehead atoms. The number of ether oxygens (including phenoxy) is 1. The molecule has 106 valence electrons. The van der Waals surface area contributed by atoms with Crippen molar-refractivity contribution in [1.29, 1.82) is 0 Å². The van der Waals surface area contributed by atoms with Crippen LogP contribution in [0.5, 0.6) is 0 Å². The van der Waals surface area contributed by atoms with Crippen molar-refractivity contribution < 1.29 is 14.3 Å². The highest BCUT2D eigenvalue weighted by molar-refractivity contribution is 5.75. The molecule has 2 rings (SSSR count). The summed E-state index contributed by atoms with van der Waals surface area (Å²) in [6, 6.07) is 5.14. The average Bonchev–Trinajstić information content (AvgIpc) is 2.39. The Morgan fingerprint density at radius 3 is 2.75 bits per heavy atom. The number of hydrogen-bond acceptors (Lipinski definition) is 4. The molecule has 0 radical (unpaired) electrons. The predicted molar refractivity (Wildman–Crippen MR) is 75.6 cm³/mol. The first kappa shape index (κ1) is 14.6. The Morgan fingerprint density at radius 2 is 2.15 bits per heavy atom. The fourth-order valence-electron chi connectivity index (χ4n) is 2.63. The molecule has 0 spiro atoms. The number of aldehydes is 1. The number of aryl methyl sites for hydroxylation is 1. The van der Waals surface area contributed by atoms with Crippen molar-refractivity contribution in [2.45, 2.75) is 51.4 Å². The molecule has 2 unspecified atom stereocenters. The van der Waals surface area contributed by atoms with Gasteiger partial charge in [-0.2, -0.15) is 4.99 Å². The van der Waals surface area contributed by atoms with Crippen molar-refractivity contribution in [1.82, 2.24) is 0 Å². The number of fused-ring (bicyclic) bond motifs is 1. The highest BCUT2D eigenvalue weighted by Crippen LogP contribution is 2.36. The predicted octanol–water partition coefficient (Wildman–Crippen LogP) is 3.01. The Balaban J connectivity index is 2.40. The van der Waals surface area contributed by atoms with Crippen LogP contribution >= 0.6 is 0 Å². The van der Waals surface area contributed by atoms with E-state index >= 15 is 0 Å². The largest absolute Gasteiger partial charge is 0.370 e. The lowest BCUT2D eigenvalue weighted by Gasteiger charge is -2.35. The van der Waals surface area contributed by atoms with Crippen molar-refractivity contribution in [2.24, 2.45) is 4.99 Å². The van der Waals surface area contributed by atoms with E-state index in [9.17, 15) is 9.59 Å². The monoisotopic (exact) mass is 273 g/mol. The molecule has 0 fully saturated rings. The fraction of sp³-hybridized carbons (Fsp3) is 0.500. The van der Waals surface area contributed by atoms with Gasteiger partial charge in [-0.05, 0) is 50.8 Å². The third-order valence-electron chi connectivity index (χ3n) is 3.37. The third kappa shape index (κ3) is 3.21. The second kappa shape index (κ2) is 5.70. The molecule has 0 aromatic heterocycles. The standard InChI is InChI=1S/C16H19NO3/c1-16(2,3)20-14-7-6-12-5-4-11(9-18)8-13(12)15(14)17-10-19/h4-5,8-9,14-15H,6-7H2,1-3H3. The van der Waals surface area contributed by atoms with Gasteiger partial charge in [0, 0.05) is 5.56 Å². The number of carbonyl (C=O) groups is 1. The molecule has 1 aliphatic rings. The molecule has 1 aromatic rings. The van der Waals surface area contributed by atoms with Crippen LogP contribution in [-0.4, -0.2) is 24.1 Å². The Bertz CT molecular complexity index is 553. The number of benzene rings is 1. The van der Waals surface area contributed by atoms with Crippen molar-refractivity contribution >= 4 is 12.4 Å². The second-order valence-electron chi connectivity index (χ2n) is 6.05. The van der Waals surface area contributed by atoms with Crippen LogP contribution in [-0.2, 0) is 16.0 Å². The van der Waals surface area contributed by atoms with E-state index in [4.69, 9.17) is 4.74 Å². The average molecular weight is 273 g/mol. The molecule has 0 saturated carbocycles. The van der Waals surface area contributed by atoms with E-state index in [1.165, 1.54) is 0 Å². The summed E-state index contributed by atoms with van der Waals surface area (Å²) >= 11 is 0. The minimum Gasteiger partial charge on any atom is -0.370 e. The Morgan fingerprint density at radius 1 is 1.40 bits per heavy atom. The van der Waals surface area contributed by atoms with Crippen LogP contribution in [0.25, 0.3) is 0 Å². The lowest BCUT2D eigenvalue weighted by molar-refractivity contribution is -0.0759. The van der Waals surface area contributed by atoms with Crippen molar-refractivity contribution in [3.63, 3.8) is 0 Å². The minimum absolute atomic E-state index is 0.161. The van der Waals surface area contributed by atoms with Crippen LogP contribution in [0.4, 0.5) is 0 Å². The number of aliphatic imine (C=N–C) groups is 1. The molecule has 0 amide bonds. The second-order valence-corrected chi connectivity index (χ2v) is 6.05. The van der Waals surface area contributed by atoms with Gasteiger partial charge >= 0.3 is 0 Å². The van der Waals surface area contributed by atoms with Crippen LogP contribution in [0, 0.1) is 0 Å². The van der Waals surface area contributed by atoms with Crippen LogP contribution in [0.1, 0.15) is 54.7 Å². The molecular formula is C16H19NO3. The van der Waals surface area contributed by atoms with Gasteiger partial charge in [-0.3, -0.25) is 4.79 Å². The van der Waals surface area contributed by atoms with Crippen LogP contribution in [0.3, 0.4) is 0 Å². The Hall–Kier alpha value is -1.77. The lowest BCUT2D eigenvalue weighted by atomic mass is 9.84. The van der Waals surface area contributed by atoms with Gasteiger partial charge in [-0.15, -0.1) is 0 Å². The Labute approximate surface area is 118 Å². The van der Waals surface area contributed by atoms with E-state index in [0.717, 1.165) is 30.3 Å². The van der Waals surface area contributed by atoms with E-state index < -0.39 is 0 Å². The topological polar surface area (TPSA) is 55.7 Å². The summed E-state index contributed by atoms with van der Waals surface area (Å²) in [4.78, 5) is 25.6. The first-order chi connectivity index (χ1) is 9.44. The molecule has 2 atom stereocenters. The number of isocyanates is 1. The highest BCUT2D eigenvalue weighted by atomic mass is 16.5. The number of nitrogens with zero attached hydrogens (tertiary/aromatic N) is 1. The molecule has 0 aliphatic heterocycles. The number of hydrogen-bond donors (Lipinski definition) is 0. The van der Waals surface area contributed by atoms with E-state index in [-0.39, 0.29) is 17.7 Å². The van der Waals surface area contributed by atoms with Crippen LogP contribution < -0.4 is 0 Å². The molecule has 0 N–H and O–H groups in total. The van der Waals surface area contributed by atoms with Gasteiger partial charge in [0.25, 0.3) is 0 Å². The zero-order valence-corrected chi connectivity index (χ0v) is 12.1. The van der Waals surface area contributed by atoms with Crippen molar-refractivity contribution in [2.75, 3.05) is 0 Å². The van der Waals surface area contributed by atoms with E-state index in [2.05, 4.69) is 4.99 Å². The molecule has 1 aromatic carbocycles. The highest BCUT2D eigenvalue weighted by Gasteiger charge is 2.33. The van der Waals surface area contributed by atoms with Gasteiger partial charge in [-0.1, -0.05) is 12.1 Å². The molecule has 1 aliphatic carbocycles. The quantitative estimate of drug-likeness (QED) is 0.483.